The summed E-state index contributed by atoms with van der Waals surface area (Å²) >= 11 is 0. The normalized spacial score (nSPS) is 32.1. The molecule has 2 unspecified atom stereocenters. The van der Waals surface area contributed by atoms with Crippen molar-refractivity contribution in [3.63, 3.8) is 0 Å². The summed E-state index contributed by atoms with van der Waals surface area (Å²) in [7, 11) is 2.27. The molecule has 0 aromatic rings. The molecule has 1 heterocycles. The predicted molar refractivity (Wildman–Crippen MR) is 65.1 cm³/mol. The molecule has 86 valence electrons. The Hall–Kier alpha value is -0.340. The lowest BCUT2D eigenvalue weighted by Crippen LogP contribution is -2.45. The van der Waals surface area contributed by atoms with Crippen LogP contribution in [0.15, 0.2) is 12.2 Å². The molecule has 2 aliphatic rings. The summed E-state index contributed by atoms with van der Waals surface area (Å²) in [6.07, 6.45) is 12.9. The fourth-order valence-corrected chi connectivity index (χ4v) is 2.72. The second-order valence-corrected chi connectivity index (χ2v) is 5.01. The van der Waals surface area contributed by atoms with Crippen LogP contribution in [-0.2, 0) is 0 Å². The van der Waals surface area contributed by atoms with Crippen molar-refractivity contribution in [1.82, 2.24) is 10.2 Å². The summed E-state index contributed by atoms with van der Waals surface area (Å²) in [6.45, 7) is 2.44. The fraction of sp³-hybridized carbons (Fsp3) is 0.846. The van der Waals surface area contributed by atoms with Crippen molar-refractivity contribution in [3.8, 4) is 0 Å². The molecule has 0 bridgehead atoms. The molecule has 0 saturated carbocycles. The van der Waals surface area contributed by atoms with Crippen molar-refractivity contribution in [1.29, 1.82) is 0 Å². The van der Waals surface area contributed by atoms with Crippen LogP contribution in [0.25, 0.3) is 0 Å². The molecule has 1 N–H and O–H groups in total. The second kappa shape index (κ2) is 5.66. The highest BCUT2D eigenvalue weighted by Crippen LogP contribution is 2.16. The topological polar surface area (TPSA) is 15.3 Å². The van der Waals surface area contributed by atoms with Crippen LogP contribution in [0.1, 0.15) is 38.5 Å². The third kappa shape index (κ3) is 3.32. The van der Waals surface area contributed by atoms with E-state index in [1.807, 2.05) is 0 Å². The van der Waals surface area contributed by atoms with E-state index >= 15 is 0 Å². The zero-order valence-electron chi connectivity index (χ0n) is 9.91. The van der Waals surface area contributed by atoms with Gasteiger partial charge in [0.2, 0.25) is 0 Å². The van der Waals surface area contributed by atoms with Crippen LogP contribution in [0, 0.1) is 0 Å². The second-order valence-electron chi connectivity index (χ2n) is 5.01. The fourth-order valence-electron chi connectivity index (χ4n) is 2.72. The highest BCUT2D eigenvalue weighted by molar-refractivity contribution is 4.98. The SMILES string of the molecule is CN(CC1CCCCN1)C1C=CCCC1. The molecule has 1 saturated heterocycles. The van der Waals surface area contributed by atoms with Gasteiger partial charge in [-0.1, -0.05) is 18.6 Å². The number of likely N-dealkylation sites (N-methyl/N-ethyl adjacent to an activating group) is 1. The van der Waals surface area contributed by atoms with Crippen LogP contribution >= 0.6 is 0 Å². The molecule has 0 aromatic heterocycles. The number of nitrogens with one attached hydrogen (secondary N) is 1. The summed E-state index contributed by atoms with van der Waals surface area (Å²) in [4.78, 5) is 2.53. The zero-order chi connectivity index (χ0) is 10.5. The molecule has 1 fully saturated rings. The molecule has 2 heteroatoms. The summed E-state index contributed by atoms with van der Waals surface area (Å²) < 4.78 is 0. The average Bonchev–Trinajstić information content (AvgIpc) is 2.31. The standard InChI is InChI=1S/C13H24N2/c1-15(13-8-3-2-4-9-13)11-12-7-5-6-10-14-12/h3,8,12-14H,2,4-7,9-11H2,1H3. The van der Waals surface area contributed by atoms with E-state index in [0.29, 0.717) is 6.04 Å². The molecule has 2 nitrogen and oxygen atoms in total. The molecule has 0 radical (unpaired) electrons. The van der Waals surface area contributed by atoms with Gasteiger partial charge >= 0.3 is 0 Å². The Labute approximate surface area is 93.7 Å². The molecule has 2 atom stereocenters. The Morgan fingerprint density at radius 3 is 2.87 bits per heavy atom. The van der Waals surface area contributed by atoms with Crippen molar-refractivity contribution in [2.75, 3.05) is 20.1 Å². The summed E-state index contributed by atoms with van der Waals surface area (Å²) in [6, 6.07) is 1.43. The van der Waals surface area contributed by atoms with E-state index in [4.69, 9.17) is 0 Å². The molecular weight excluding hydrogens is 184 g/mol. The number of allylic oxidation sites excluding steroid dienone is 1. The number of piperidine rings is 1. The molecule has 0 aromatic carbocycles. The Morgan fingerprint density at radius 1 is 1.27 bits per heavy atom. The smallest absolute Gasteiger partial charge is 0.0275 e. The number of hydrogen-bond acceptors (Lipinski definition) is 2. The summed E-state index contributed by atoms with van der Waals surface area (Å²) in [5.74, 6) is 0. The van der Waals surface area contributed by atoms with Gasteiger partial charge in [-0.05, 0) is 45.7 Å². The minimum Gasteiger partial charge on any atom is -0.313 e. The lowest BCUT2D eigenvalue weighted by Gasteiger charge is -2.33. The molecule has 0 amide bonds. The van der Waals surface area contributed by atoms with E-state index in [2.05, 4.69) is 29.4 Å². The van der Waals surface area contributed by atoms with Gasteiger partial charge in [0.25, 0.3) is 0 Å². The first kappa shape index (κ1) is 11.2. The van der Waals surface area contributed by atoms with Gasteiger partial charge in [-0.25, -0.2) is 0 Å². The lowest BCUT2D eigenvalue weighted by molar-refractivity contribution is 0.217. The van der Waals surface area contributed by atoms with Gasteiger partial charge in [-0.3, -0.25) is 4.90 Å². The predicted octanol–water partition coefficient (Wildman–Crippen LogP) is 2.17. The van der Waals surface area contributed by atoms with Gasteiger partial charge in [-0.15, -0.1) is 0 Å². The first-order valence-electron chi connectivity index (χ1n) is 6.46. The van der Waals surface area contributed by atoms with Crippen LogP contribution in [0.2, 0.25) is 0 Å². The van der Waals surface area contributed by atoms with E-state index in [1.54, 1.807) is 0 Å². The Morgan fingerprint density at radius 2 is 2.20 bits per heavy atom. The van der Waals surface area contributed by atoms with E-state index in [-0.39, 0.29) is 0 Å². The lowest BCUT2D eigenvalue weighted by atomic mass is 9.99. The van der Waals surface area contributed by atoms with Crippen LogP contribution in [0.4, 0.5) is 0 Å². The molecule has 2 rings (SSSR count). The van der Waals surface area contributed by atoms with E-state index < -0.39 is 0 Å². The Kier molecular flexibility index (Phi) is 4.21. The van der Waals surface area contributed by atoms with Crippen LogP contribution < -0.4 is 5.32 Å². The van der Waals surface area contributed by atoms with Gasteiger partial charge in [0, 0.05) is 18.6 Å². The van der Waals surface area contributed by atoms with Crippen molar-refractivity contribution in [3.05, 3.63) is 12.2 Å². The summed E-state index contributed by atoms with van der Waals surface area (Å²) in [5.41, 5.74) is 0. The zero-order valence-corrected chi connectivity index (χ0v) is 9.91. The third-order valence-corrected chi connectivity index (χ3v) is 3.72. The van der Waals surface area contributed by atoms with Gasteiger partial charge in [0.1, 0.15) is 0 Å². The third-order valence-electron chi connectivity index (χ3n) is 3.72. The maximum absolute atomic E-state index is 3.62. The largest absolute Gasteiger partial charge is 0.313 e. The van der Waals surface area contributed by atoms with Crippen molar-refractivity contribution < 1.29 is 0 Å². The van der Waals surface area contributed by atoms with Crippen LogP contribution in [0.3, 0.4) is 0 Å². The van der Waals surface area contributed by atoms with Gasteiger partial charge in [-0.2, -0.15) is 0 Å². The first-order valence-corrected chi connectivity index (χ1v) is 6.46. The molecule has 0 spiro atoms. The average molecular weight is 208 g/mol. The Balaban J connectivity index is 1.77. The monoisotopic (exact) mass is 208 g/mol. The van der Waals surface area contributed by atoms with Gasteiger partial charge in [0.05, 0.1) is 0 Å². The number of nitrogens with zero attached hydrogens (tertiary/aromatic N) is 1. The van der Waals surface area contributed by atoms with E-state index in [0.717, 1.165) is 6.04 Å². The van der Waals surface area contributed by atoms with E-state index in [9.17, 15) is 0 Å². The minimum absolute atomic E-state index is 0.697. The van der Waals surface area contributed by atoms with Crippen molar-refractivity contribution >= 4 is 0 Å². The quantitative estimate of drug-likeness (QED) is 0.715. The van der Waals surface area contributed by atoms with Gasteiger partial charge < -0.3 is 5.32 Å². The van der Waals surface area contributed by atoms with Crippen molar-refractivity contribution in [2.45, 2.75) is 50.6 Å². The van der Waals surface area contributed by atoms with Gasteiger partial charge in [0.15, 0.2) is 0 Å². The maximum Gasteiger partial charge on any atom is 0.0275 e. The van der Waals surface area contributed by atoms with Crippen LogP contribution in [-0.4, -0.2) is 37.1 Å². The Bertz CT molecular complexity index is 207. The minimum atomic E-state index is 0.697. The molecule has 15 heavy (non-hydrogen) atoms. The van der Waals surface area contributed by atoms with Crippen LogP contribution in [0.5, 0.6) is 0 Å². The molecule has 1 aliphatic carbocycles. The highest BCUT2D eigenvalue weighted by atomic mass is 15.2. The first-order chi connectivity index (χ1) is 7.36. The number of rotatable bonds is 3. The molecule has 1 aliphatic heterocycles. The van der Waals surface area contributed by atoms with E-state index in [1.165, 1.54) is 51.6 Å². The number of hydrogen-bond donors (Lipinski definition) is 1. The maximum atomic E-state index is 3.62. The highest BCUT2D eigenvalue weighted by Gasteiger charge is 2.19. The molecular formula is C13H24N2. The van der Waals surface area contributed by atoms with Crippen molar-refractivity contribution in [2.24, 2.45) is 0 Å². The summed E-state index contributed by atoms with van der Waals surface area (Å²) in [5, 5.41) is 3.62.